The van der Waals surface area contributed by atoms with E-state index in [2.05, 4.69) is 26.6 Å². The largest absolute Gasteiger partial charge is 0.455 e. The Morgan fingerprint density at radius 3 is 2.50 bits per heavy atom. The number of urea groups is 1. The molecule has 8 heteroatoms. The smallest absolute Gasteiger partial charge is 0.321 e. The lowest BCUT2D eigenvalue weighted by Gasteiger charge is -2.10. The number of benzene rings is 1. The summed E-state index contributed by atoms with van der Waals surface area (Å²) in [6.07, 6.45) is 0. The van der Waals surface area contributed by atoms with E-state index >= 15 is 0 Å². The summed E-state index contributed by atoms with van der Waals surface area (Å²) in [7, 11) is 0. The van der Waals surface area contributed by atoms with E-state index in [9.17, 15) is 14.4 Å². The fraction of sp³-hybridized carbons (Fsp3) is 0.438. The van der Waals surface area contributed by atoms with Crippen LogP contribution in [0.25, 0.3) is 0 Å². The van der Waals surface area contributed by atoms with Crippen LogP contribution < -0.4 is 10.6 Å². The highest BCUT2D eigenvalue weighted by atomic mass is 79.9. The van der Waals surface area contributed by atoms with E-state index in [4.69, 9.17) is 4.74 Å². The molecular formula is C16H21BrN2O4S. The second kappa shape index (κ2) is 9.68. The lowest BCUT2D eigenvalue weighted by molar-refractivity contribution is -0.145. The van der Waals surface area contributed by atoms with Gasteiger partial charge in [-0.05, 0) is 51.0 Å². The molecule has 0 aliphatic heterocycles. The van der Waals surface area contributed by atoms with E-state index in [1.54, 1.807) is 13.8 Å². The van der Waals surface area contributed by atoms with Crippen molar-refractivity contribution in [2.75, 3.05) is 12.4 Å². The number of amides is 3. The van der Waals surface area contributed by atoms with Crippen LogP contribution in [-0.2, 0) is 14.3 Å². The number of esters is 1. The van der Waals surface area contributed by atoms with Gasteiger partial charge in [-0.15, -0.1) is 11.8 Å². The topological polar surface area (TPSA) is 84.5 Å². The molecule has 0 saturated heterocycles. The van der Waals surface area contributed by atoms with Crippen LogP contribution in [0.1, 0.15) is 25.0 Å². The van der Waals surface area contributed by atoms with E-state index in [0.717, 1.165) is 20.5 Å². The number of carbonyl (C=O) groups excluding carboxylic acids is 3. The van der Waals surface area contributed by atoms with Crippen molar-refractivity contribution < 1.29 is 19.1 Å². The van der Waals surface area contributed by atoms with Crippen molar-refractivity contribution in [3.63, 3.8) is 0 Å². The number of ether oxygens (including phenoxy) is 1. The van der Waals surface area contributed by atoms with Gasteiger partial charge in [0.2, 0.25) is 0 Å². The van der Waals surface area contributed by atoms with Crippen molar-refractivity contribution in [3.8, 4) is 0 Å². The number of hydrogen-bond acceptors (Lipinski definition) is 5. The zero-order chi connectivity index (χ0) is 18.3. The number of thioether (sulfide) groups is 1. The Kier molecular flexibility index (Phi) is 8.27. The molecule has 2 N–H and O–H groups in total. The molecule has 0 radical (unpaired) electrons. The van der Waals surface area contributed by atoms with Crippen molar-refractivity contribution in [3.05, 3.63) is 27.7 Å². The summed E-state index contributed by atoms with van der Waals surface area (Å²) in [6, 6.07) is 3.28. The van der Waals surface area contributed by atoms with Crippen molar-refractivity contribution in [2.24, 2.45) is 0 Å². The molecule has 0 atom stereocenters. The molecule has 0 aliphatic carbocycles. The Labute approximate surface area is 154 Å². The minimum atomic E-state index is -0.665. The Morgan fingerprint density at radius 2 is 1.88 bits per heavy atom. The maximum Gasteiger partial charge on any atom is 0.321 e. The first-order chi connectivity index (χ1) is 11.2. The number of halogens is 1. The summed E-state index contributed by atoms with van der Waals surface area (Å²) < 4.78 is 5.88. The summed E-state index contributed by atoms with van der Waals surface area (Å²) in [4.78, 5) is 35.5. The summed E-state index contributed by atoms with van der Waals surface area (Å²) in [5.41, 5.74) is 2.13. The third-order valence-corrected chi connectivity index (χ3v) is 4.82. The fourth-order valence-electron chi connectivity index (χ4n) is 1.70. The number of nitrogens with one attached hydrogen (secondary N) is 2. The predicted molar refractivity (Wildman–Crippen MR) is 97.1 cm³/mol. The van der Waals surface area contributed by atoms with Crippen LogP contribution in [0.15, 0.2) is 21.5 Å². The quantitative estimate of drug-likeness (QED) is 0.549. The average Bonchev–Trinajstić information content (AvgIpc) is 2.46. The van der Waals surface area contributed by atoms with Gasteiger partial charge in [0.25, 0.3) is 5.91 Å². The molecule has 1 rings (SSSR count). The molecule has 0 aliphatic rings. The van der Waals surface area contributed by atoms with Gasteiger partial charge < -0.3 is 10.1 Å². The van der Waals surface area contributed by atoms with Gasteiger partial charge in [-0.2, -0.15) is 0 Å². The third-order valence-electron chi connectivity index (χ3n) is 2.84. The Hall–Kier alpha value is -1.54. The Bertz CT molecular complexity index is 635. The highest BCUT2D eigenvalue weighted by molar-refractivity contribution is 9.10. The van der Waals surface area contributed by atoms with E-state index < -0.39 is 24.5 Å². The maximum absolute atomic E-state index is 11.7. The molecule has 0 saturated carbocycles. The molecule has 3 amide bonds. The number of rotatable bonds is 6. The van der Waals surface area contributed by atoms with Crippen LogP contribution in [0.5, 0.6) is 0 Å². The Morgan fingerprint density at radius 1 is 1.21 bits per heavy atom. The van der Waals surface area contributed by atoms with Gasteiger partial charge in [0.15, 0.2) is 6.61 Å². The van der Waals surface area contributed by atoms with Crippen molar-refractivity contribution in [1.29, 1.82) is 0 Å². The first kappa shape index (κ1) is 20.5. The minimum Gasteiger partial charge on any atom is -0.455 e. The van der Waals surface area contributed by atoms with Crippen LogP contribution in [0.3, 0.4) is 0 Å². The van der Waals surface area contributed by atoms with E-state index in [1.165, 1.54) is 11.8 Å². The van der Waals surface area contributed by atoms with Gasteiger partial charge in [-0.25, -0.2) is 4.79 Å². The van der Waals surface area contributed by atoms with Crippen LogP contribution >= 0.6 is 27.7 Å². The molecule has 132 valence electrons. The van der Waals surface area contributed by atoms with E-state index in [-0.39, 0.29) is 11.8 Å². The van der Waals surface area contributed by atoms with E-state index in [1.807, 2.05) is 26.0 Å². The fourth-order valence-corrected chi connectivity index (χ4v) is 3.06. The molecule has 0 heterocycles. The van der Waals surface area contributed by atoms with Crippen molar-refractivity contribution in [1.82, 2.24) is 10.6 Å². The second-order valence-corrected chi connectivity index (χ2v) is 7.36. The molecule has 1 aromatic rings. The molecule has 24 heavy (non-hydrogen) atoms. The average molecular weight is 417 g/mol. The van der Waals surface area contributed by atoms with Crippen molar-refractivity contribution >= 4 is 45.6 Å². The van der Waals surface area contributed by atoms with Gasteiger partial charge in [0.1, 0.15) is 0 Å². The number of carbonyl (C=O) groups is 3. The monoisotopic (exact) mass is 416 g/mol. The first-order valence-corrected chi connectivity index (χ1v) is 9.12. The Balaban J connectivity index is 2.38. The van der Waals surface area contributed by atoms with Gasteiger partial charge in [0.05, 0.1) is 5.75 Å². The van der Waals surface area contributed by atoms with Crippen LogP contribution in [-0.4, -0.2) is 36.3 Å². The molecular weight excluding hydrogens is 396 g/mol. The molecule has 6 nitrogen and oxygen atoms in total. The highest BCUT2D eigenvalue weighted by Crippen LogP contribution is 2.28. The second-order valence-electron chi connectivity index (χ2n) is 5.49. The number of imide groups is 1. The van der Waals surface area contributed by atoms with E-state index in [0.29, 0.717) is 0 Å². The van der Waals surface area contributed by atoms with Crippen LogP contribution in [0.2, 0.25) is 0 Å². The normalized spacial score (nSPS) is 10.4. The molecule has 1 aromatic carbocycles. The minimum absolute atomic E-state index is 0.0886. The van der Waals surface area contributed by atoms with Gasteiger partial charge in [0, 0.05) is 15.4 Å². The van der Waals surface area contributed by atoms with Crippen LogP contribution in [0.4, 0.5) is 4.79 Å². The molecule has 0 fully saturated rings. The zero-order valence-corrected chi connectivity index (χ0v) is 16.5. The van der Waals surface area contributed by atoms with Gasteiger partial charge in [-0.3, -0.25) is 14.9 Å². The lowest BCUT2D eigenvalue weighted by Crippen LogP contribution is -2.44. The molecule has 0 spiro atoms. The van der Waals surface area contributed by atoms with Crippen LogP contribution in [0, 0.1) is 13.8 Å². The lowest BCUT2D eigenvalue weighted by atomic mass is 10.2. The number of aryl methyl sites for hydroxylation is 2. The van der Waals surface area contributed by atoms with Crippen molar-refractivity contribution in [2.45, 2.75) is 38.6 Å². The van der Waals surface area contributed by atoms with Gasteiger partial charge in [-0.1, -0.05) is 15.9 Å². The third kappa shape index (κ3) is 7.35. The highest BCUT2D eigenvalue weighted by Gasteiger charge is 2.12. The first-order valence-electron chi connectivity index (χ1n) is 7.34. The predicted octanol–water partition coefficient (Wildman–Crippen LogP) is 2.94. The summed E-state index contributed by atoms with van der Waals surface area (Å²) in [5, 5.41) is 4.59. The summed E-state index contributed by atoms with van der Waals surface area (Å²) in [6.45, 7) is 6.99. The summed E-state index contributed by atoms with van der Waals surface area (Å²) >= 11 is 4.80. The molecule has 0 unspecified atom stereocenters. The maximum atomic E-state index is 11.7. The SMILES string of the molecule is Cc1cc(SCC(=O)OCC(=O)NC(=O)NC(C)C)c(C)cc1Br. The molecule has 0 aromatic heterocycles. The zero-order valence-electron chi connectivity index (χ0n) is 14.1. The summed E-state index contributed by atoms with van der Waals surface area (Å²) in [5.74, 6) is -1.09. The number of hydrogen-bond donors (Lipinski definition) is 2. The standard InChI is InChI=1S/C16H21BrN2O4S/c1-9(2)18-16(22)19-14(20)7-23-15(21)8-24-13-6-10(3)12(17)5-11(13)4/h5-6,9H,7-8H2,1-4H3,(H2,18,19,20,22). The molecule has 0 bridgehead atoms. The van der Waals surface area contributed by atoms with Gasteiger partial charge >= 0.3 is 12.0 Å².